The van der Waals surface area contributed by atoms with E-state index in [4.69, 9.17) is 4.74 Å². The first-order valence-electron chi connectivity index (χ1n) is 9.16. The van der Waals surface area contributed by atoms with Crippen molar-refractivity contribution in [1.82, 2.24) is 19.2 Å². The van der Waals surface area contributed by atoms with Crippen LogP contribution in [-0.2, 0) is 4.74 Å². The lowest BCUT2D eigenvalue weighted by Gasteiger charge is -2.35. The van der Waals surface area contributed by atoms with Crippen LogP contribution in [-0.4, -0.2) is 71.0 Å². The van der Waals surface area contributed by atoms with E-state index < -0.39 is 0 Å². The van der Waals surface area contributed by atoms with Crippen LogP contribution in [0, 0.1) is 5.92 Å². The number of rotatable bonds is 4. The van der Waals surface area contributed by atoms with Gasteiger partial charge in [0.15, 0.2) is 0 Å². The smallest absolute Gasteiger partial charge is 0.270 e. The highest BCUT2D eigenvalue weighted by molar-refractivity contribution is 5.93. The molecule has 0 saturated carbocycles. The van der Waals surface area contributed by atoms with E-state index in [0.29, 0.717) is 37.3 Å². The van der Waals surface area contributed by atoms with Crippen LogP contribution in [0.5, 0.6) is 0 Å². The fraction of sp³-hybridized carbons (Fsp3) is 0.526. The summed E-state index contributed by atoms with van der Waals surface area (Å²) < 4.78 is 6.65. The number of nitrogens with zero attached hydrogens (tertiary/aromatic N) is 4. The van der Waals surface area contributed by atoms with Crippen LogP contribution in [0.25, 0.3) is 5.65 Å². The Labute approximate surface area is 152 Å². The zero-order valence-electron chi connectivity index (χ0n) is 15.0. The molecule has 7 nitrogen and oxygen atoms in total. The molecule has 3 fully saturated rings. The summed E-state index contributed by atoms with van der Waals surface area (Å²) in [6.07, 6.45) is 5.30. The van der Waals surface area contributed by atoms with Crippen molar-refractivity contribution >= 4 is 11.6 Å². The summed E-state index contributed by atoms with van der Waals surface area (Å²) in [4.78, 5) is 34.4. The van der Waals surface area contributed by atoms with Crippen LogP contribution in [0.15, 0.2) is 35.4 Å². The molecule has 2 atom stereocenters. The van der Waals surface area contributed by atoms with Crippen molar-refractivity contribution in [2.75, 3.05) is 39.9 Å². The number of aromatic nitrogens is 2. The molecule has 7 heteroatoms. The Hall–Kier alpha value is -2.25. The molecule has 0 radical (unpaired) electrons. The van der Waals surface area contributed by atoms with Gasteiger partial charge >= 0.3 is 0 Å². The fourth-order valence-electron chi connectivity index (χ4n) is 4.17. The average molecular weight is 356 g/mol. The first-order chi connectivity index (χ1) is 12.7. The number of carbonyl (C=O) groups is 1. The first kappa shape index (κ1) is 17.2. The van der Waals surface area contributed by atoms with E-state index in [0.717, 1.165) is 25.9 Å². The fourth-order valence-corrected chi connectivity index (χ4v) is 4.17. The molecule has 0 spiro atoms. The van der Waals surface area contributed by atoms with E-state index in [1.165, 1.54) is 10.6 Å². The zero-order valence-corrected chi connectivity index (χ0v) is 15.0. The number of hydrogen-bond acceptors (Lipinski definition) is 5. The maximum absolute atomic E-state index is 13.1. The molecule has 138 valence electrons. The summed E-state index contributed by atoms with van der Waals surface area (Å²) in [7, 11) is 1.71. The predicted octanol–water partition coefficient (Wildman–Crippen LogP) is 0.877. The quantitative estimate of drug-likeness (QED) is 0.814. The van der Waals surface area contributed by atoms with Gasteiger partial charge < -0.3 is 9.64 Å². The lowest BCUT2D eigenvalue weighted by Crippen LogP contribution is -2.46. The molecule has 3 aliphatic heterocycles. The number of ether oxygens (including phenoxy) is 1. The number of hydrogen-bond donors (Lipinski definition) is 0. The maximum atomic E-state index is 13.1. The van der Waals surface area contributed by atoms with Gasteiger partial charge in [0.2, 0.25) is 0 Å². The number of methoxy groups -OCH3 is 1. The number of carbonyl (C=O) groups excluding carboxylic acids is 1. The van der Waals surface area contributed by atoms with Crippen LogP contribution >= 0.6 is 0 Å². The number of amides is 1. The lowest BCUT2D eigenvalue weighted by molar-refractivity contribution is 0.0715. The summed E-state index contributed by atoms with van der Waals surface area (Å²) in [5.41, 5.74) is 0.405. The molecule has 2 bridgehead atoms. The predicted molar refractivity (Wildman–Crippen MR) is 97.3 cm³/mol. The molecular formula is C19H24N4O3. The molecule has 5 rings (SSSR count). The third-order valence-electron chi connectivity index (χ3n) is 5.54. The minimum Gasteiger partial charge on any atom is -0.383 e. The Kier molecular flexibility index (Phi) is 4.74. The van der Waals surface area contributed by atoms with Crippen LogP contribution in [0.2, 0.25) is 0 Å². The minimum atomic E-state index is -0.298. The molecule has 3 saturated heterocycles. The Balaban J connectivity index is 1.59. The van der Waals surface area contributed by atoms with Crippen LogP contribution in [0.1, 0.15) is 23.2 Å². The summed E-state index contributed by atoms with van der Waals surface area (Å²) >= 11 is 0. The van der Waals surface area contributed by atoms with Crippen molar-refractivity contribution in [3.63, 3.8) is 0 Å². The van der Waals surface area contributed by atoms with Gasteiger partial charge in [0.1, 0.15) is 11.2 Å². The van der Waals surface area contributed by atoms with Crippen molar-refractivity contribution in [1.29, 1.82) is 0 Å². The molecule has 0 unspecified atom stereocenters. The van der Waals surface area contributed by atoms with Gasteiger partial charge in [0, 0.05) is 51.7 Å². The Morgan fingerprint density at radius 1 is 1.27 bits per heavy atom. The van der Waals surface area contributed by atoms with Gasteiger partial charge in [0.05, 0.1) is 6.61 Å². The molecule has 0 aromatic carbocycles. The maximum Gasteiger partial charge on any atom is 0.270 e. The van der Waals surface area contributed by atoms with E-state index >= 15 is 0 Å². The lowest BCUT2D eigenvalue weighted by atomic mass is 9.95. The van der Waals surface area contributed by atoms with E-state index in [2.05, 4.69) is 9.88 Å². The second-order valence-electron chi connectivity index (χ2n) is 7.20. The summed E-state index contributed by atoms with van der Waals surface area (Å²) in [5.74, 6) is 0.247. The van der Waals surface area contributed by atoms with E-state index in [9.17, 15) is 9.59 Å². The third-order valence-corrected chi connectivity index (χ3v) is 5.54. The Bertz CT molecular complexity index is 865. The first-order valence-corrected chi connectivity index (χ1v) is 9.16. The van der Waals surface area contributed by atoms with Crippen LogP contribution in [0.4, 0.5) is 0 Å². The van der Waals surface area contributed by atoms with Crippen molar-refractivity contribution in [2.45, 2.75) is 18.9 Å². The molecule has 5 heterocycles. The van der Waals surface area contributed by atoms with Gasteiger partial charge in [-0.1, -0.05) is 6.07 Å². The third kappa shape index (κ3) is 3.12. The van der Waals surface area contributed by atoms with Crippen molar-refractivity contribution in [2.24, 2.45) is 5.92 Å². The summed E-state index contributed by atoms with van der Waals surface area (Å²) in [6, 6.07) is 5.69. The van der Waals surface area contributed by atoms with Gasteiger partial charge in [0.25, 0.3) is 11.5 Å². The molecule has 1 amide bonds. The highest BCUT2D eigenvalue weighted by Gasteiger charge is 2.37. The van der Waals surface area contributed by atoms with Crippen molar-refractivity contribution in [3.8, 4) is 0 Å². The molecular weight excluding hydrogens is 332 g/mol. The number of pyridine rings is 1. The minimum absolute atomic E-state index is 0.151. The molecule has 2 aromatic heterocycles. The van der Waals surface area contributed by atoms with E-state index in [-0.39, 0.29) is 17.0 Å². The summed E-state index contributed by atoms with van der Waals surface area (Å²) in [6.45, 7) is 3.95. The van der Waals surface area contributed by atoms with E-state index in [1.54, 1.807) is 25.4 Å². The molecule has 2 aromatic rings. The van der Waals surface area contributed by atoms with Crippen molar-refractivity contribution in [3.05, 3.63) is 46.5 Å². The topological polar surface area (TPSA) is 67.2 Å². The monoisotopic (exact) mass is 356 g/mol. The van der Waals surface area contributed by atoms with Crippen LogP contribution < -0.4 is 5.56 Å². The van der Waals surface area contributed by atoms with Crippen molar-refractivity contribution < 1.29 is 9.53 Å². The van der Waals surface area contributed by atoms with Gasteiger partial charge in [-0.25, -0.2) is 4.98 Å². The zero-order chi connectivity index (χ0) is 18.1. The van der Waals surface area contributed by atoms with Crippen LogP contribution in [0.3, 0.4) is 0 Å². The standard InChI is InChI=1S/C19H24N4O3/c1-26-9-8-21-11-14-5-6-15(21)13-22(12-14)18(24)16-10-20-17-4-2-3-7-23(17)19(16)25/h2-4,7,10,14-15H,5-6,8-9,11-13H2,1H3/t14-,15-/m1/s1. The number of piperidine rings is 1. The van der Waals surface area contributed by atoms with Gasteiger partial charge in [-0.05, 0) is 30.9 Å². The number of fused-ring (bicyclic) bond motifs is 5. The summed E-state index contributed by atoms with van der Waals surface area (Å²) in [5, 5.41) is 0. The second kappa shape index (κ2) is 7.17. The largest absolute Gasteiger partial charge is 0.383 e. The molecule has 0 aliphatic carbocycles. The Morgan fingerprint density at radius 2 is 2.15 bits per heavy atom. The Morgan fingerprint density at radius 3 is 3.00 bits per heavy atom. The van der Waals surface area contributed by atoms with Gasteiger partial charge in [-0.3, -0.25) is 18.9 Å². The molecule has 0 N–H and O–H groups in total. The molecule has 3 aliphatic rings. The van der Waals surface area contributed by atoms with E-state index in [1.807, 2.05) is 11.0 Å². The average Bonchev–Trinajstić information content (AvgIpc) is 2.98. The van der Waals surface area contributed by atoms with Gasteiger partial charge in [-0.15, -0.1) is 0 Å². The normalized spacial score (nSPS) is 23.3. The highest BCUT2D eigenvalue weighted by atomic mass is 16.5. The second-order valence-corrected chi connectivity index (χ2v) is 7.20. The molecule has 26 heavy (non-hydrogen) atoms. The highest BCUT2D eigenvalue weighted by Crippen LogP contribution is 2.28. The SMILES string of the molecule is COCCN1C[C@H]2CC[C@@H]1CN(C(=O)c1cnc3ccccn3c1=O)C2. The van der Waals surface area contributed by atoms with Gasteiger partial charge in [-0.2, -0.15) is 0 Å².